The predicted octanol–water partition coefficient (Wildman–Crippen LogP) is 2.86. The van der Waals surface area contributed by atoms with Gasteiger partial charge in [-0.25, -0.2) is 0 Å². The molecule has 11 heavy (non-hydrogen) atoms. The van der Waals surface area contributed by atoms with E-state index in [4.69, 9.17) is 0 Å². The molecule has 1 nitrogen and oxygen atoms in total. The molecule has 0 aliphatic carbocycles. The Bertz CT molecular complexity index is 126. The zero-order chi connectivity index (χ0) is 8.53. The maximum Gasteiger partial charge on any atom is 0.0115 e. The Kier molecular flexibility index (Phi) is 6.90. The molecule has 0 aliphatic heterocycles. The smallest absolute Gasteiger partial charge is 0.0115 e. The summed E-state index contributed by atoms with van der Waals surface area (Å²) in [5.41, 5.74) is 1.34. The van der Waals surface area contributed by atoms with Gasteiger partial charge in [0, 0.05) is 12.2 Å². The van der Waals surface area contributed by atoms with Gasteiger partial charge in [0.2, 0.25) is 0 Å². The fourth-order valence-corrected chi connectivity index (χ4v) is 0.939. The fraction of sp³-hybridized carbons (Fsp3) is 0.600. The lowest BCUT2D eigenvalue weighted by molar-refractivity contribution is 0.761. The van der Waals surface area contributed by atoms with Crippen LogP contribution in [0.15, 0.2) is 23.9 Å². The second-order valence-corrected chi connectivity index (χ2v) is 2.50. The molecule has 0 aliphatic rings. The Morgan fingerprint density at radius 2 is 2.09 bits per heavy atom. The molecule has 0 aromatic heterocycles. The predicted molar refractivity (Wildman–Crippen MR) is 51.5 cm³/mol. The third kappa shape index (κ3) is 5.71. The minimum Gasteiger partial charge on any atom is -0.389 e. The van der Waals surface area contributed by atoms with Gasteiger partial charge in [-0.2, -0.15) is 0 Å². The van der Waals surface area contributed by atoms with E-state index in [1.165, 1.54) is 12.1 Å². The van der Waals surface area contributed by atoms with Crippen LogP contribution in [0, 0.1) is 0 Å². The summed E-state index contributed by atoms with van der Waals surface area (Å²) in [6.45, 7) is 7.37. The van der Waals surface area contributed by atoms with Crippen molar-refractivity contribution in [3.8, 4) is 0 Å². The Morgan fingerprint density at radius 1 is 1.36 bits per heavy atom. The van der Waals surface area contributed by atoms with Crippen molar-refractivity contribution in [3.05, 3.63) is 23.9 Å². The van der Waals surface area contributed by atoms with Crippen molar-refractivity contribution in [2.24, 2.45) is 0 Å². The molecule has 1 heteroatoms. The molecule has 0 rings (SSSR count). The molecule has 0 unspecified atom stereocenters. The highest BCUT2D eigenvalue weighted by Crippen LogP contribution is 2.00. The van der Waals surface area contributed by atoms with Gasteiger partial charge < -0.3 is 5.32 Å². The lowest BCUT2D eigenvalue weighted by atomic mass is 10.2. The number of hydrogen-bond acceptors (Lipinski definition) is 1. The van der Waals surface area contributed by atoms with E-state index in [0.717, 1.165) is 13.0 Å². The molecule has 0 atom stereocenters. The van der Waals surface area contributed by atoms with Gasteiger partial charge in [-0.3, -0.25) is 0 Å². The van der Waals surface area contributed by atoms with Crippen LogP contribution >= 0.6 is 0 Å². The standard InChI is InChI=1S/C10H19N/c1-4-7-9-10(8-5-2)11-6-3/h4,7,9,11H,5-6,8H2,1-3H3/b7-4-,10-9-. The van der Waals surface area contributed by atoms with E-state index in [-0.39, 0.29) is 0 Å². The van der Waals surface area contributed by atoms with Crippen LogP contribution in [0.25, 0.3) is 0 Å². The highest BCUT2D eigenvalue weighted by atomic mass is 14.9. The molecule has 1 N–H and O–H groups in total. The third-order valence-corrected chi connectivity index (χ3v) is 1.41. The van der Waals surface area contributed by atoms with Crippen LogP contribution in [-0.2, 0) is 0 Å². The molecule has 0 aromatic carbocycles. The average molecular weight is 153 g/mol. The minimum absolute atomic E-state index is 1.02. The fourth-order valence-electron chi connectivity index (χ4n) is 0.939. The summed E-state index contributed by atoms with van der Waals surface area (Å²) in [6.07, 6.45) is 8.63. The number of nitrogens with one attached hydrogen (secondary N) is 1. The van der Waals surface area contributed by atoms with E-state index in [9.17, 15) is 0 Å². The SMILES string of the molecule is C/C=C\C=C(\CCC)NCC. The van der Waals surface area contributed by atoms with Crippen molar-refractivity contribution in [1.82, 2.24) is 5.32 Å². The first-order valence-electron chi connectivity index (χ1n) is 4.40. The summed E-state index contributed by atoms with van der Waals surface area (Å²) >= 11 is 0. The highest BCUT2D eigenvalue weighted by molar-refractivity contribution is 5.10. The van der Waals surface area contributed by atoms with E-state index in [0.29, 0.717) is 0 Å². The first-order chi connectivity index (χ1) is 5.35. The quantitative estimate of drug-likeness (QED) is 0.599. The van der Waals surface area contributed by atoms with Gasteiger partial charge in [-0.15, -0.1) is 0 Å². The number of allylic oxidation sites excluding steroid dienone is 4. The lowest BCUT2D eigenvalue weighted by Gasteiger charge is -2.05. The van der Waals surface area contributed by atoms with E-state index in [1.54, 1.807) is 0 Å². The molecule has 0 aromatic rings. The van der Waals surface area contributed by atoms with Gasteiger partial charge >= 0.3 is 0 Å². The lowest BCUT2D eigenvalue weighted by Crippen LogP contribution is -2.11. The van der Waals surface area contributed by atoms with E-state index in [2.05, 4.69) is 31.3 Å². The van der Waals surface area contributed by atoms with Crippen LogP contribution in [0.3, 0.4) is 0 Å². The van der Waals surface area contributed by atoms with Crippen molar-refractivity contribution in [1.29, 1.82) is 0 Å². The van der Waals surface area contributed by atoms with Crippen LogP contribution in [0.1, 0.15) is 33.6 Å². The van der Waals surface area contributed by atoms with Gasteiger partial charge in [0.15, 0.2) is 0 Å². The van der Waals surface area contributed by atoms with Gasteiger partial charge in [0.05, 0.1) is 0 Å². The van der Waals surface area contributed by atoms with Crippen LogP contribution in [0.2, 0.25) is 0 Å². The Balaban J connectivity index is 3.85. The van der Waals surface area contributed by atoms with Gasteiger partial charge in [-0.1, -0.05) is 25.5 Å². The maximum atomic E-state index is 3.33. The van der Waals surface area contributed by atoms with Crippen LogP contribution < -0.4 is 5.32 Å². The molecule has 0 radical (unpaired) electrons. The van der Waals surface area contributed by atoms with Crippen molar-refractivity contribution in [2.75, 3.05) is 6.54 Å². The largest absolute Gasteiger partial charge is 0.389 e. The second-order valence-electron chi connectivity index (χ2n) is 2.50. The highest BCUT2D eigenvalue weighted by Gasteiger charge is 1.89. The Labute approximate surface area is 70.2 Å². The summed E-state index contributed by atoms with van der Waals surface area (Å²) in [6, 6.07) is 0. The van der Waals surface area contributed by atoms with E-state index >= 15 is 0 Å². The molecule has 0 heterocycles. The molecular weight excluding hydrogens is 134 g/mol. The topological polar surface area (TPSA) is 12.0 Å². The number of hydrogen-bond donors (Lipinski definition) is 1. The summed E-state index contributed by atoms with van der Waals surface area (Å²) in [5, 5.41) is 3.33. The first kappa shape index (κ1) is 10.3. The summed E-state index contributed by atoms with van der Waals surface area (Å²) in [4.78, 5) is 0. The average Bonchev–Trinajstić information content (AvgIpc) is 2.01. The zero-order valence-corrected chi connectivity index (χ0v) is 7.85. The van der Waals surface area contributed by atoms with Gasteiger partial charge in [0.25, 0.3) is 0 Å². The normalized spacial score (nSPS) is 12.5. The zero-order valence-electron chi connectivity index (χ0n) is 7.85. The van der Waals surface area contributed by atoms with Crippen LogP contribution in [-0.4, -0.2) is 6.54 Å². The summed E-state index contributed by atoms with van der Waals surface area (Å²) < 4.78 is 0. The number of rotatable bonds is 5. The monoisotopic (exact) mass is 153 g/mol. The molecule has 0 fully saturated rings. The summed E-state index contributed by atoms with van der Waals surface area (Å²) in [7, 11) is 0. The molecule has 0 saturated heterocycles. The molecule has 0 saturated carbocycles. The van der Waals surface area contributed by atoms with Gasteiger partial charge in [-0.05, 0) is 26.3 Å². The van der Waals surface area contributed by atoms with E-state index in [1.807, 2.05) is 13.0 Å². The van der Waals surface area contributed by atoms with Crippen molar-refractivity contribution >= 4 is 0 Å². The maximum absolute atomic E-state index is 3.33. The van der Waals surface area contributed by atoms with Gasteiger partial charge in [0.1, 0.15) is 0 Å². The van der Waals surface area contributed by atoms with Crippen molar-refractivity contribution < 1.29 is 0 Å². The third-order valence-electron chi connectivity index (χ3n) is 1.41. The van der Waals surface area contributed by atoms with Crippen molar-refractivity contribution in [2.45, 2.75) is 33.6 Å². The van der Waals surface area contributed by atoms with Crippen molar-refractivity contribution in [3.63, 3.8) is 0 Å². The van der Waals surface area contributed by atoms with Crippen LogP contribution in [0.5, 0.6) is 0 Å². The molecule has 0 spiro atoms. The molecule has 64 valence electrons. The first-order valence-corrected chi connectivity index (χ1v) is 4.40. The van der Waals surface area contributed by atoms with E-state index < -0.39 is 0 Å². The Morgan fingerprint density at radius 3 is 2.55 bits per heavy atom. The van der Waals surface area contributed by atoms with Crippen LogP contribution in [0.4, 0.5) is 0 Å². The summed E-state index contributed by atoms with van der Waals surface area (Å²) in [5.74, 6) is 0. The molecule has 0 amide bonds. The minimum atomic E-state index is 1.02. The Hall–Kier alpha value is -0.720. The second kappa shape index (κ2) is 7.39. The molecule has 0 bridgehead atoms. The molecular formula is C10H19N.